The van der Waals surface area contributed by atoms with Crippen molar-refractivity contribution >= 4 is 9.84 Å². The Kier molecular flexibility index (Phi) is 3.89. The van der Waals surface area contributed by atoms with E-state index >= 15 is 0 Å². The van der Waals surface area contributed by atoms with Crippen LogP contribution in [0.2, 0.25) is 0 Å². The highest BCUT2D eigenvalue weighted by molar-refractivity contribution is 7.90. The number of hydrogen-bond acceptors (Lipinski definition) is 6. The average molecular weight is 278 g/mol. The van der Waals surface area contributed by atoms with E-state index in [9.17, 15) is 8.42 Å². The van der Waals surface area contributed by atoms with Crippen molar-refractivity contribution in [2.45, 2.75) is 10.9 Å². The summed E-state index contributed by atoms with van der Waals surface area (Å²) in [4.78, 5) is 8.10. The van der Waals surface area contributed by atoms with Gasteiger partial charge in [0.05, 0.1) is 10.9 Å². The van der Waals surface area contributed by atoms with Gasteiger partial charge in [0.1, 0.15) is 6.33 Å². The van der Waals surface area contributed by atoms with Crippen LogP contribution in [0.1, 0.15) is 17.2 Å². The Hall–Kier alpha value is -1.83. The lowest BCUT2D eigenvalue weighted by molar-refractivity contribution is 0.600. The van der Waals surface area contributed by atoms with Crippen molar-refractivity contribution in [1.82, 2.24) is 15.4 Å². The molecular weight excluding hydrogens is 264 g/mol. The quantitative estimate of drug-likeness (QED) is 0.622. The minimum Gasteiger partial charge on any atom is -0.271 e. The normalized spacial score (nSPS) is 13.2. The van der Waals surface area contributed by atoms with Crippen LogP contribution in [0.3, 0.4) is 0 Å². The first-order chi connectivity index (χ1) is 9.02. The summed E-state index contributed by atoms with van der Waals surface area (Å²) in [6.07, 6.45) is 5.85. The molecule has 0 saturated carbocycles. The standard InChI is InChI=1S/C12H14N4O2S/c1-19(17,18)11-4-2-3-9(5-11)12(16-13)10-6-14-8-15-7-10/h2-8,12,16H,13H2,1H3. The fraction of sp³-hybridized carbons (Fsp3) is 0.167. The van der Waals surface area contributed by atoms with Crippen molar-refractivity contribution in [1.29, 1.82) is 0 Å². The average Bonchev–Trinajstić information content (AvgIpc) is 2.40. The zero-order valence-corrected chi connectivity index (χ0v) is 11.1. The summed E-state index contributed by atoms with van der Waals surface area (Å²) in [6, 6.07) is 6.26. The zero-order valence-electron chi connectivity index (χ0n) is 10.3. The molecule has 0 spiro atoms. The molecule has 2 rings (SSSR count). The van der Waals surface area contributed by atoms with Gasteiger partial charge in [0.2, 0.25) is 0 Å². The number of nitrogens with one attached hydrogen (secondary N) is 1. The molecule has 0 bridgehead atoms. The molecule has 7 heteroatoms. The Morgan fingerprint density at radius 3 is 2.47 bits per heavy atom. The monoisotopic (exact) mass is 278 g/mol. The number of hydrazine groups is 1. The van der Waals surface area contributed by atoms with Gasteiger partial charge in [-0.25, -0.2) is 23.8 Å². The Morgan fingerprint density at radius 1 is 1.21 bits per heavy atom. The lowest BCUT2D eigenvalue weighted by Crippen LogP contribution is -2.29. The fourth-order valence-electron chi connectivity index (χ4n) is 1.77. The van der Waals surface area contributed by atoms with Crippen LogP contribution < -0.4 is 11.3 Å². The van der Waals surface area contributed by atoms with Crippen LogP contribution in [0.5, 0.6) is 0 Å². The van der Waals surface area contributed by atoms with Crippen molar-refractivity contribution in [3.63, 3.8) is 0 Å². The molecule has 1 aromatic heterocycles. The molecule has 0 saturated heterocycles. The van der Waals surface area contributed by atoms with E-state index in [2.05, 4.69) is 15.4 Å². The van der Waals surface area contributed by atoms with Crippen molar-refractivity contribution in [3.8, 4) is 0 Å². The highest BCUT2D eigenvalue weighted by Gasteiger charge is 2.15. The van der Waals surface area contributed by atoms with E-state index in [1.807, 2.05) is 0 Å². The molecule has 1 unspecified atom stereocenters. The molecule has 3 N–H and O–H groups in total. The highest BCUT2D eigenvalue weighted by atomic mass is 32.2. The second-order valence-corrected chi connectivity index (χ2v) is 6.13. The van der Waals surface area contributed by atoms with Gasteiger partial charge < -0.3 is 0 Å². The molecule has 0 aliphatic heterocycles. The lowest BCUT2D eigenvalue weighted by Gasteiger charge is -2.16. The van der Waals surface area contributed by atoms with Crippen LogP contribution in [0, 0.1) is 0 Å². The predicted molar refractivity (Wildman–Crippen MR) is 70.7 cm³/mol. The molecule has 0 fully saturated rings. The second-order valence-electron chi connectivity index (χ2n) is 4.12. The number of rotatable bonds is 4. The van der Waals surface area contributed by atoms with E-state index in [1.54, 1.807) is 36.7 Å². The van der Waals surface area contributed by atoms with E-state index in [4.69, 9.17) is 5.84 Å². The topological polar surface area (TPSA) is 98.0 Å². The second kappa shape index (κ2) is 5.43. The van der Waals surface area contributed by atoms with Crippen LogP contribution in [0.15, 0.2) is 47.9 Å². The van der Waals surface area contributed by atoms with E-state index in [-0.39, 0.29) is 10.9 Å². The maximum Gasteiger partial charge on any atom is 0.175 e. The Bertz CT molecular complexity index is 658. The number of aromatic nitrogens is 2. The summed E-state index contributed by atoms with van der Waals surface area (Å²) >= 11 is 0. The number of hydrogen-bond donors (Lipinski definition) is 2. The van der Waals surface area contributed by atoms with Gasteiger partial charge in [-0.1, -0.05) is 12.1 Å². The SMILES string of the molecule is CS(=O)(=O)c1cccc(C(NN)c2cncnc2)c1. The van der Waals surface area contributed by atoms with Gasteiger partial charge in [-0.3, -0.25) is 5.84 Å². The number of nitrogens with zero attached hydrogens (tertiary/aromatic N) is 2. The molecule has 1 atom stereocenters. The largest absolute Gasteiger partial charge is 0.271 e. The minimum atomic E-state index is -3.25. The van der Waals surface area contributed by atoms with Gasteiger partial charge in [0, 0.05) is 24.2 Å². The third-order valence-corrected chi connectivity index (χ3v) is 3.81. The Labute approximate surface area is 111 Å². The Balaban J connectivity index is 2.45. The first-order valence-corrected chi connectivity index (χ1v) is 7.42. The van der Waals surface area contributed by atoms with Crippen LogP contribution in [0.4, 0.5) is 0 Å². The molecule has 19 heavy (non-hydrogen) atoms. The summed E-state index contributed by atoms with van der Waals surface area (Å²) < 4.78 is 23.1. The van der Waals surface area contributed by atoms with Crippen LogP contribution in [0.25, 0.3) is 0 Å². The first-order valence-electron chi connectivity index (χ1n) is 5.53. The highest BCUT2D eigenvalue weighted by Crippen LogP contribution is 2.22. The molecule has 1 aromatic carbocycles. The number of sulfone groups is 1. The summed E-state index contributed by atoms with van der Waals surface area (Å²) in [5.74, 6) is 5.54. The van der Waals surface area contributed by atoms with Crippen LogP contribution >= 0.6 is 0 Å². The molecule has 2 aromatic rings. The third kappa shape index (κ3) is 3.14. The maximum absolute atomic E-state index is 11.6. The summed E-state index contributed by atoms with van der Waals surface area (Å²) in [7, 11) is -3.25. The Morgan fingerprint density at radius 2 is 1.89 bits per heavy atom. The van der Waals surface area contributed by atoms with Crippen LogP contribution in [-0.2, 0) is 9.84 Å². The van der Waals surface area contributed by atoms with E-state index in [1.165, 1.54) is 12.6 Å². The van der Waals surface area contributed by atoms with Crippen LogP contribution in [-0.4, -0.2) is 24.6 Å². The fourth-order valence-corrected chi connectivity index (χ4v) is 2.45. The van der Waals surface area contributed by atoms with Crippen molar-refractivity contribution in [2.75, 3.05) is 6.26 Å². The van der Waals surface area contributed by atoms with Gasteiger partial charge >= 0.3 is 0 Å². The van der Waals surface area contributed by atoms with Crippen molar-refractivity contribution < 1.29 is 8.42 Å². The molecule has 0 amide bonds. The number of benzene rings is 1. The lowest BCUT2D eigenvalue weighted by atomic mass is 10.0. The molecule has 0 aliphatic rings. The van der Waals surface area contributed by atoms with E-state index < -0.39 is 9.84 Å². The third-order valence-electron chi connectivity index (χ3n) is 2.70. The summed E-state index contributed by atoms with van der Waals surface area (Å²) in [5.41, 5.74) is 4.13. The van der Waals surface area contributed by atoms with E-state index in [0.29, 0.717) is 0 Å². The molecular formula is C12H14N4O2S. The van der Waals surface area contributed by atoms with Gasteiger partial charge in [-0.15, -0.1) is 0 Å². The predicted octanol–water partition coefficient (Wildman–Crippen LogP) is 0.433. The molecule has 6 nitrogen and oxygen atoms in total. The van der Waals surface area contributed by atoms with Crippen molar-refractivity contribution in [2.24, 2.45) is 5.84 Å². The maximum atomic E-state index is 11.6. The first kappa shape index (κ1) is 13.6. The van der Waals surface area contributed by atoms with Crippen molar-refractivity contribution in [3.05, 3.63) is 54.1 Å². The molecule has 0 aliphatic carbocycles. The zero-order chi connectivity index (χ0) is 13.9. The molecule has 100 valence electrons. The summed E-state index contributed by atoms with van der Waals surface area (Å²) in [6.45, 7) is 0. The molecule has 1 heterocycles. The molecule has 0 radical (unpaired) electrons. The smallest absolute Gasteiger partial charge is 0.175 e. The minimum absolute atomic E-state index is 0.252. The number of nitrogens with two attached hydrogens (primary N) is 1. The van der Waals surface area contributed by atoms with Gasteiger partial charge in [0.25, 0.3) is 0 Å². The van der Waals surface area contributed by atoms with Gasteiger partial charge in [-0.2, -0.15) is 0 Å². The van der Waals surface area contributed by atoms with E-state index in [0.717, 1.165) is 11.1 Å². The van der Waals surface area contributed by atoms with Gasteiger partial charge in [0.15, 0.2) is 9.84 Å². The summed E-state index contributed by atoms with van der Waals surface area (Å²) in [5, 5.41) is 0. The van der Waals surface area contributed by atoms with Gasteiger partial charge in [-0.05, 0) is 17.7 Å².